The lowest BCUT2D eigenvalue weighted by Crippen LogP contribution is -2.26. The molecule has 4 nitrogen and oxygen atoms in total. The van der Waals surface area contributed by atoms with Crippen molar-refractivity contribution in [3.8, 4) is 0 Å². The lowest BCUT2D eigenvalue weighted by Gasteiger charge is -2.13. The quantitative estimate of drug-likeness (QED) is 0.617. The molecule has 0 fully saturated rings. The molecule has 1 aromatic rings. The van der Waals surface area contributed by atoms with Gasteiger partial charge in [-0.05, 0) is 18.6 Å². The van der Waals surface area contributed by atoms with Crippen LogP contribution in [0.5, 0.6) is 0 Å². The predicted molar refractivity (Wildman–Crippen MR) is 77.4 cm³/mol. The largest absolute Gasteiger partial charge is 0.389 e. The number of hydrogen-bond donors (Lipinski definition) is 2. The molecule has 2 N–H and O–H groups in total. The first kappa shape index (κ1) is 17.8. The fourth-order valence-corrected chi connectivity index (χ4v) is 1.61. The highest BCUT2D eigenvalue weighted by Crippen LogP contribution is 2.14. The molecule has 0 amide bonds. The molecule has 21 heavy (non-hydrogen) atoms. The predicted octanol–water partition coefficient (Wildman–Crippen LogP) is 2.57. The van der Waals surface area contributed by atoms with Crippen LogP contribution in [0.2, 0.25) is 0 Å². The normalized spacial score (nSPS) is 12.4. The van der Waals surface area contributed by atoms with Gasteiger partial charge in [-0.1, -0.05) is 13.3 Å². The number of hydrogen-bond acceptors (Lipinski definition) is 4. The summed E-state index contributed by atoms with van der Waals surface area (Å²) in [5, 5.41) is 12.4. The second-order valence-corrected chi connectivity index (χ2v) is 4.70. The molecule has 0 spiro atoms. The van der Waals surface area contributed by atoms with Crippen molar-refractivity contribution in [3.63, 3.8) is 0 Å². The summed E-state index contributed by atoms with van der Waals surface area (Å²) in [6.07, 6.45) is 1.34. The van der Waals surface area contributed by atoms with Crippen LogP contribution < -0.4 is 5.32 Å². The van der Waals surface area contributed by atoms with Crippen LogP contribution in [0.25, 0.3) is 0 Å². The molecule has 0 radical (unpaired) electrons. The van der Waals surface area contributed by atoms with Crippen molar-refractivity contribution in [2.45, 2.75) is 25.9 Å². The molecular formula is C15H23F2NO3. The highest BCUT2D eigenvalue weighted by atomic mass is 19.1. The van der Waals surface area contributed by atoms with Gasteiger partial charge < -0.3 is 19.9 Å². The number of unbranched alkanes of at least 4 members (excludes halogenated alkanes) is 1. The van der Waals surface area contributed by atoms with Crippen molar-refractivity contribution in [1.29, 1.82) is 0 Å². The van der Waals surface area contributed by atoms with Gasteiger partial charge in [0.25, 0.3) is 0 Å². The Bertz CT molecular complexity index is 405. The number of rotatable bonds is 11. The second kappa shape index (κ2) is 10.5. The number of benzene rings is 1. The summed E-state index contributed by atoms with van der Waals surface area (Å²) in [6.45, 7) is 3.96. The van der Waals surface area contributed by atoms with Gasteiger partial charge in [0, 0.05) is 19.2 Å². The van der Waals surface area contributed by atoms with E-state index in [1.54, 1.807) is 0 Å². The zero-order valence-electron chi connectivity index (χ0n) is 12.3. The van der Waals surface area contributed by atoms with Crippen molar-refractivity contribution in [2.24, 2.45) is 0 Å². The minimum Gasteiger partial charge on any atom is -0.389 e. The molecule has 0 saturated carbocycles. The molecule has 120 valence electrons. The molecule has 1 atom stereocenters. The molecule has 1 unspecified atom stereocenters. The van der Waals surface area contributed by atoms with Crippen LogP contribution >= 0.6 is 0 Å². The molecule has 1 rings (SSSR count). The molecular weight excluding hydrogens is 280 g/mol. The van der Waals surface area contributed by atoms with Crippen LogP contribution in [-0.4, -0.2) is 44.2 Å². The summed E-state index contributed by atoms with van der Waals surface area (Å²) in [4.78, 5) is 0. The minimum atomic E-state index is -0.773. The summed E-state index contributed by atoms with van der Waals surface area (Å²) in [6, 6.07) is 3.24. The van der Waals surface area contributed by atoms with Gasteiger partial charge in [0.15, 0.2) is 0 Å². The second-order valence-electron chi connectivity index (χ2n) is 4.70. The van der Waals surface area contributed by atoms with E-state index in [2.05, 4.69) is 12.2 Å². The maximum Gasteiger partial charge on any atom is 0.149 e. The van der Waals surface area contributed by atoms with E-state index in [9.17, 15) is 13.9 Å². The Hall–Kier alpha value is -1.24. The van der Waals surface area contributed by atoms with Gasteiger partial charge in [0.05, 0.1) is 31.6 Å². The van der Waals surface area contributed by atoms with Crippen LogP contribution in [0.1, 0.15) is 19.8 Å². The van der Waals surface area contributed by atoms with Crippen molar-refractivity contribution in [1.82, 2.24) is 0 Å². The maximum atomic E-state index is 13.3. The molecule has 0 bridgehead atoms. The van der Waals surface area contributed by atoms with Gasteiger partial charge in [-0.15, -0.1) is 0 Å². The molecule has 1 aromatic carbocycles. The van der Waals surface area contributed by atoms with E-state index in [0.717, 1.165) is 25.0 Å². The van der Waals surface area contributed by atoms with Crippen molar-refractivity contribution < 1.29 is 23.4 Å². The molecule has 0 aromatic heterocycles. The zero-order valence-corrected chi connectivity index (χ0v) is 12.3. The lowest BCUT2D eigenvalue weighted by atomic mass is 10.3. The minimum absolute atomic E-state index is 0.124. The number of halogens is 2. The Morgan fingerprint density at radius 1 is 1.19 bits per heavy atom. The Morgan fingerprint density at radius 3 is 2.67 bits per heavy atom. The average Bonchev–Trinajstić information content (AvgIpc) is 2.45. The van der Waals surface area contributed by atoms with E-state index in [4.69, 9.17) is 9.47 Å². The molecule has 6 heteroatoms. The van der Waals surface area contributed by atoms with E-state index in [1.165, 1.54) is 6.07 Å². The van der Waals surface area contributed by atoms with Gasteiger partial charge in [0.1, 0.15) is 11.6 Å². The summed E-state index contributed by atoms with van der Waals surface area (Å²) >= 11 is 0. The van der Waals surface area contributed by atoms with E-state index in [0.29, 0.717) is 19.8 Å². The van der Waals surface area contributed by atoms with E-state index >= 15 is 0 Å². The number of nitrogens with one attached hydrogen (secondary N) is 1. The monoisotopic (exact) mass is 303 g/mol. The van der Waals surface area contributed by atoms with Crippen molar-refractivity contribution >= 4 is 5.69 Å². The first-order valence-corrected chi connectivity index (χ1v) is 7.16. The van der Waals surface area contributed by atoms with E-state index in [-0.39, 0.29) is 18.8 Å². The molecule has 0 aliphatic rings. The Kier molecular flexibility index (Phi) is 8.89. The van der Waals surface area contributed by atoms with Gasteiger partial charge in [-0.25, -0.2) is 8.78 Å². The Labute approximate surface area is 124 Å². The third-order valence-corrected chi connectivity index (χ3v) is 2.78. The maximum absolute atomic E-state index is 13.3. The Morgan fingerprint density at radius 2 is 1.95 bits per heavy atom. The van der Waals surface area contributed by atoms with Crippen molar-refractivity contribution in [3.05, 3.63) is 29.8 Å². The van der Waals surface area contributed by atoms with Gasteiger partial charge in [-0.3, -0.25) is 0 Å². The van der Waals surface area contributed by atoms with Crippen molar-refractivity contribution in [2.75, 3.05) is 38.3 Å². The fraction of sp³-hybridized carbons (Fsp3) is 0.600. The standard InChI is InChI=1S/C15H23F2NO3/c1-2-3-6-20-7-8-21-11-13(19)10-18-15-5-4-12(16)9-14(15)17/h4-5,9,13,18-19H,2-3,6-8,10-11H2,1H3. The third-order valence-electron chi connectivity index (χ3n) is 2.78. The summed E-state index contributed by atoms with van der Waals surface area (Å²) in [5.41, 5.74) is 0.151. The zero-order chi connectivity index (χ0) is 15.5. The molecule has 0 aliphatic heterocycles. The first-order chi connectivity index (χ1) is 10.1. The topological polar surface area (TPSA) is 50.7 Å². The number of aliphatic hydroxyl groups excluding tert-OH is 1. The van der Waals surface area contributed by atoms with Crippen LogP contribution in [-0.2, 0) is 9.47 Å². The van der Waals surface area contributed by atoms with Crippen LogP contribution in [0, 0.1) is 11.6 Å². The highest BCUT2D eigenvalue weighted by molar-refractivity contribution is 5.44. The Balaban J connectivity index is 2.09. The van der Waals surface area contributed by atoms with Crippen LogP contribution in [0.15, 0.2) is 18.2 Å². The number of aliphatic hydroxyl groups is 1. The first-order valence-electron chi connectivity index (χ1n) is 7.16. The number of anilines is 1. The van der Waals surface area contributed by atoms with Crippen LogP contribution in [0.3, 0.4) is 0 Å². The third kappa shape index (κ3) is 7.94. The smallest absolute Gasteiger partial charge is 0.149 e. The van der Waals surface area contributed by atoms with E-state index in [1.807, 2.05) is 0 Å². The van der Waals surface area contributed by atoms with E-state index < -0.39 is 17.7 Å². The SMILES string of the molecule is CCCCOCCOCC(O)CNc1ccc(F)cc1F. The van der Waals surface area contributed by atoms with Gasteiger partial charge >= 0.3 is 0 Å². The lowest BCUT2D eigenvalue weighted by molar-refractivity contribution is 0.00748. The van der Waals surface area contributed by atoms with Gasteiger partial charge in [-0.2, -0.15) is 0 Å². The molecule has 0 heterocycles. The summed E-state index contributed by atoms with van der Waals surface area (Å²) in [5.74, 6) is -1.32. The highest BCUT2D eigenvalue weighted by Gasteiger charge is 2.07. The molecule has 0 aliphatic carbocycles. The van der Waals surface area contributed by atoms with Gasteiger partial charge in [0.2, 0.25) is 0 Å². The molecule has 0 saturated heterocycles. The summed E-state index contributed by atoms with van der Waals surface area (Å²) < 4.78 is 36.6. The fourth-order valence-electron chi connectivity index (χ4n) is 1.61. The van der Waals surface area contributed by atoms with Crippen LogP contribution in [0.4, 0.5) is 14.5 Å². The average molecular weight is 303 g/mol. The number of ether oxygens (including phenoxy) is 2. The summed E-state index contributed by atoms with van der Waals surface area (Å²) in [7, 11) is 0.